The quantitative estimate of drug-likeness (QED) is 0.632. The summed E-state index contributed by atoms with van der Waals surface area (Å²) in [7, 11) is 0. The van der Waals surface area contributed by atoms with Crippen LogP contribution < -0.4 is 4.74 Å². The SMILES string of the molecule is C/C=C/C=C/C(=O)N1CCN(Cc2ccc3c(c2)CCO3)CC1. The van der Waals surface area contributed by atoms with Gasteiger partial charge in [-0.25, -0.2) is 0 Å². The third-order valence-corrected chi connectivity index (χ3v) is 4.39. The second-order valence-corrected chi connectivity index (χ2v) is 6.03. The van der Waals surface area contributed by atoms with Gasteiger partial charge in [-0.05, 0) is 24.1 Å². The minimum absolute atomic E-state index is 0.109. The third kappa shape index (κ3) is 4.02. The molecule has 2 heterocycles. The predicted octanol–water partition coefficient (Wildman–Crippen LogP) is 2.40. The van der Waals surface area contributed by atoms with Crippen molar-refractivity contribution in [3.05, 3.63) is 53.6 Å². The van der Waals surface area contributed by atoms with Gasteiger partial charge in [-0.15, -0.1) is 0 Å². The summed E-state index contributed by atoms with van der Waals surface area (Å²) in [6.45, 7) is 7.15. The molecule has 3 rings (SSSR count). The highest BCUT2D eigenvalue weighted by molar-refractivity contribution is 5.87. The van der Waals surface area contributed by atoms with Crippen molar-refractivity contribution in [2.24, 2.45) is 0 Å². The number of rotatable bonds is 4. The zero-order valence-corrected chi connectivity index (χ0v) is 13.7. The summed E-state index contributed by atoms with van der Waals surface area (Å²) in [5.74, 6) is 1.15. The first-order chi connectivity index (χ1) is 11.3. The van der Waals surface area contributed by atoms with Crippen LogP contribution in [0.15, 0.2) is 42.5 Å². The molecule has 0 unspecified atom stereocenters. The van der Waals surface area contributed by atoms with Gasteiger partial charge in [-0.2, -0.15) is 0 Å². The van der Waals surface area contributed by atoms with Crippen molar-refractivity contribution >= 4 is 5.91 Å². The van der Waals surface area contributed by atoms with Crippen LogP contribution in [0.1, 0.15) is 18.1 Å². The predicted molar refractivity (Wildman–Crippen MR) is 91.5 cm³/mol. The molecule has 4 heteroatoms. The molecule has 0 spiro atoms. The summed E-state index contributed by atoms with van der Waals surface area (Å²) in [5, 5.41) is 0. The Morgan fingerprint density at radius 3 is 2.83 bits per heavy atom. The zero-order valence-electron chi connectivity index (χ0n) is 13.7. The molecule has 1 aromatic rings. The van der Waals surface area contributed by atoms with Crippen LogP contribution in [0.25, 0.3) is 0 Å². The third-order valence-electron chi connectivity index (χ3n) is 4.39. The first-order valence-corrected chi connectivity index (χ1v) is 8.31. The number of fused-ring (bicyclic) bond motifs is 1. The number of benzene rings is 1. The topological polar surface area (TPSA) is 32.8 Å². The molecule has 2 aliphatic heterocycles. The van der Waals surface area contributed by atoms with Crippen molar-refractivity contribution in [2.75, 3.05) is 32.8 Å². The standard InChI is InChI=1S/C19H24N2O2/c1-2-3-4-5-19(22)21-11-9-20(10-12-21)15-16-6-7-18-17(14-16)8-13-23-18/h2-7,14H,8-13,15H2,1H3/b3-2+,5-4+. The molecular formula is C19H24N2O2. The van der Waals surface area contributed by atoms with Gasteiger partial charge in [0.25, 0.3) is 0 Å². The van der Waals surface area contributed by atoms with Crippen molar-refractivity contribution in [3.63, 3.8) is 0 Å². The summed E-state index contributed by atoms with van der Waals surface area (Å²) in [5.41, 5.74) is 2.66. The van der Waals surface area contributed by atoms with Crippen LogP contribution >= 0.6 is 0 Å². The van der Waals surface area contributed by atoms with E-state index in [0.717, 1.165) is 51.5 Å². The Bertz CT molecular complexity index is 614. The molecule has 1 saturated heterocycles. The van der Waals surface area contributed by atoms with E-state index < -0.39 is 0 Å². The largest absolute Gasteiger partial charge is 0.493 e. The molecule has 122 valence electrons. The molecular weight excluding hydrogens is 288 g/mol. The number of nitrogens with zero attached hydrogens (tertiary/aromatic N) is 2. The van der Waals surface area contributed by atoms with Gasteiger partial charge in [-0.3, -0.25) is 9.69 Å². The van der Waals surface area contributed by atoms with E-state index >= 15 is 0 Å². The van der Waals surface area contributed by atoms with Crippen LogP contribution in [-0.2, 0) is 17.8 Å². The van der Waals surface area contributed by atoms with E-state index in [0.29, 0.717) is 0 Å². The van der Waals surface area contributed by atoms with Gasteiger partial charge < -0.3 is 9.64 Å². The summed E-state index contributed by atoms with van der Waals surface area (Å²) in [6.07, 6.45) is 8.27. The molecule has 1 fully saturated rings. The summed E-state index contributed by atoms with van der Waals surface area (Å²) in [4.78, 5) is 16.4. The Morgan fingerprint density at radius 2 is 2.04 bits per heavy atom. The van der Waals surface area contributed by atoms with Crippen LogP contribution in [0.5, 0.6) is 5.75 Å². The average Bonchev–Trinajstić information content (AvgIpc) is 3.03. The fourth-order valence-corrected chi connectivity index (χ4v) is 3.08. The number of allylic oxidation sites excluding steroid dienone is 3. The number of piperazine rings is 1. The molecule has 0 aliphatic carbocycles. The molecule has 0 radical (unpaired) electrons. The van der Waals surface area contributed by atoms with Crippen LogP contribution in [0.4, 0.5) is 0 Å². The number of carbonyl (C=O) groups excluding carboxylic acids is 1. The Morgan fingerprint density at radius 1 is 1.22 bits per heavy atom. The number of hydrogen-bond acceptors (Lipinski definition) is 3. The Kier molecular flexibility index (Phi) is 5.13. The van der Waals surface area contributed by atoms with Crippen molar-refractivity contribution in [1.29, 1.82) is 0 Å². The molecule has 0 atom stereocenters. The number of ether oxygens (including phenoxy) is 1. The molecule has 1 amide bonds. The lowest BCUT2D eigenvalue weighted by Gasteiger charge is -2.34. The van der Waals surface area contributed by atoms with Gasteiger partial charge in [-0.1, -0.05) is 30.4 Å². The van der Waals surface area contributed by atoms with Crippen LogP contribution in [0, 0.1) is 0 Å². The van der Waals surface area contributed by atoms with Crippen molar-refractivity contribution in [1.82, 2.24) is 9.80 Å². The van der Waals surface area contributed by atoms with Gasteiger partial charge in [0.15, 0.2) is 0 Å². The van der Waals surface area contributed by atoms with Gasteiger partial charge >= 0.3 is 0 Å². The smallest absolute Gasteiger partial charge is 0.246 e. The second-order valence-electron chi connectivity index (χ2n) is 6.03. The maximum absolute atomic E-state index is 12.0. The molecule has 4 nitrogen and oxygen atoms in total. The van der Waals surface area contributed by atoms with E-state index in [2.05, 4.69) is 23.1 Å². The van der Waals surface area contributed by atoms with Crippen molar-refractivity contribution < 1.29 is 9.53 Å². The molecule has 0 N–H and O–H groups in total. The van der Waals surface area contributed by atoms with Gasteiger partial charge in [0.05, 0.1) is 6.61 Å². The Hall–Kier alpha value is -2.07. The van der Waals surface area contributed by atoms with Crippen LogP contribution in [0.2, 0.25) is 0 Å². The number of amides is 1. The molecule has 0 saturated carbocycles. The van der Waals surface area contributed by atoms with Crippen LogP contribution in [0.3, 0.4) is 0 Å². The maximum atomic E-state index is 12.0. The zero-order chi connectivity index (χ0) is 16.1. The van der Waals surface area contributed by atoms with Crippen molar-refractivity contribution in [2.45, 2.75) is 19.9 Å². The summed E-state index contributed by atoms with van der Waals surface area (Å²) < 4.78 is 5.56. The lowest BCUT2D eigenvalue weighted by Crippen LogP contribution is -2.47. The van der Waals surface area contributed by atoms with Crippen molar-refractivity contribution in [3.8, 4) is 5.75 Å². The second kappa shape index (κ2) is 7.47. The molecule has 23 heavy (non-hydrogen) atoms. The lowest BCUT2D eigenvalue weighted by molar-refractivity contribution is -0.127. The van der Waals surface area contributed by atoms with E-state index in [1.807, 2.05) is 24.0 Å². The van der Waals surface area contributed by atoms with E-state index in [1.165, 1.54) is 11.1 Å². The fourth-order valence-electron chi connectivity index (χ4n) is 3.08. The Balaban J connectivity index is 1.50. The number of hydrogen-bond donors (Lipinski definition) is 0. The van der Waals surface area contributed by atoms with E-state index in [4.69, 9.17) is 4.74 Å². The molecule has 0 bridgehead atoms. The lowest BCUT2D eigenvalue weighted by atomic mass is 10.1. The van der Waals surface area contributed by atoms with E-state index in [-0.39, 0.29) is 5.91 Å². The minimum Gasteiger partial charge on any atom is -0.493 e. The fraction of sp³-hybridized carbons (Fsp3) is 0.421. The first-order valence-electron chi connectivity index (χ1n) is 8.31. The molecule has 2 aliphatic rings. The average molecular weight is 312 g/mol. The highest BCUT2D eigenvalue weighted by Gasteiger charge is 2.20. The van der Waals surface area contributed by atoms with Gasteiger partial charge in [0.2, 0.25) is 5.91 Å². The summed E-state index contributed by atoms with van der Waals surface area (Å²) in [6, 6.07) is 6.50. The first kappa shape index (κ1) is 15.8. The highest BCUT2D eigenvalue weighted by atomic mass is 16.5. The normalized spacial score (nSPS) is 18.6. The highest BCUT2D eigenvalue weighted by Crippen LogP contribution is 2.26. The van der Waals surface area contributed by atoms with E-state index in [1.54, 1.807) is 12.2 Å². The number of carbonyl (C=O) groups is 1. The summed E-state index contributed by atoms with van der Waals surface area (Å²) >= 11 is 0. The monoisotopic (exact) mass is 312 g/mol. The van der Waals surface area contributed by atoms with E-state index in [9.17, 15) is 4.79 Å². The minimum atomic E-state index is 0.109. The van der Waals surface area contributed by atoms with Gasteiger partial charge in [0, 0.05) is 45.2 Å². The molecule has 0 aromatic heterocycles. The van der Waals surface area contributed by atoms with Gasteiger partial charge in [0.1, 0.15) is 5.75 Å². The Labute approximate surface area is 138 Å². The van der Waals surface area contributed by atoms with Crippen LogP contribution in [-0.4, -0.2) is 48.5 Å². The maximum Gasteiger partial charge on any atom is 0.246 e. The molecule has 1 aromatic carbocycles.